The standard InChI is InChI=1S/C17H17BrO3/c1-16(2)8-20-17(21-9-16)12-5-3-4-10-13(18)7-6-11(14(10)12)15(17)19/h3-7,15,19H,8-9H2,1-2H3. The van der Waals surface area contributed by atoms with Gasteiger partial charge >= 0.3 is 0 Å². The molecule has 0 radical (unpaired) electrons. The fourth-order valence-corrected chi connectivity index (χ4v) is 3.73. The molecule has 1 fully saturated rings. The van der Waals surface area contributed by atoms with Crippen molar-refractivity contribution in [3.8, 4) is 0 Å². The zero-order valence-corrected chi connectivity index (χ0v) is 13.6. The molecule has 1 atom stereocenters. The van der Waals surface area contributed by atoms with Crippen LogP contribution in [0.25, 0.3) is 10.8 Å². The number of hydrogen-bond donors (Lipinski definition) is 1. The maximum absolute atomic E-state index is 10.8. The minimum Gasteiger partial charge on any atom is -0.382 e. The Kier molecular flexibility index (Phi) is 2.80. The lowest BCUT2D eigenvalue weighted by Gasteiger charge is -2.43. The van der Waals surface area contributed by atoms with E-state index in [1.807, 2.05) is 30.3 Å². The number of hydrogen-bond acceptors (Lipinski definition) is 3. The van der Waals surface area contributed by atoms with Crippen LogP contribution in [0.1, 0.15) is 31.1 Å². The van der Waals surface area contributed by atoms with Crippen LogP contribution in [0.3, 0.4) is 0 Å². The Morgan fingerprint density at radius 2 is 1.86 bits per heavy atom. The van der Waals surface area contributed by atoms with Gasteiger partial charge in [-0.15, -0.1) is 0 Å². The highest BCUT2D eigenvalue weighted by Crippen LogP contribution is 2.54. The maximum atomic E-state index is 10.8. The van der Waals surface area contributed by atoms with Gasteiger partial charge in [0.25, 0.3) is 0 Å². The van der Waals surface area contributed by atoms with Crippen molar-refractivity contribution in [2.75, 3.05) is 13.2 Å². The number of halogens is 1. The average molecular weight is 349 g/mol. The van der Waals surface area contributed by atoms with Gasteiger partial charge in [-0.1, -0.05) is 54.0 Å². The molecule has 1 unspecified atom stereocenters. The minimum absolute atomic E-state index is 0.0335. The number of ether oxygens (including phenoxy) is 2. The molecule has 2 aromatic carbocycles. The van der Waals surface area contributed by atoms with Crippen LogP contribution in [0, 0.1) is 5.41 Å². The Bertz CT molecular complexity index is 728. The van der Waals surface area contributed by atoms with E-state index in [1.165, 1.54) is 0 Å². The fourth-order valence-electron chi connectivity index (χ4n) is 3.27. The van der Waals surface area contributed by atoms with Gasteiger partial charge in [0.2, 0.25) is 5.79 Å². The summed E-state index contributed by atoms with van der Waals surface area (Å²) in [6.07, 6.45) is -0.790. The SMILES string of the molecule is CC1(C)COC2(OC1)c1cccc3c(Br)ccc(c13)C2O. The van der Waals surface area contributed by atoms with Crippen LogP contribution in [-0.4, -0.2) is 18.3 Å². The zero-order valence-electron chi connectivity index (χ0n) is 12.0. The van der Waals surface area contributed by atoms with Crippen molar-refractivity contribution >= 4 is 26.7 Å². The molecule has 1 heterocycles. The first-order valence-corrected chi connectivity index (χ1v) is 7.91. The molecule has 1 aliphatic heterocycles. The monoisotopic (exact) mass is 348 g/mol. The Hall–Kier alpha value is -0.940. The van der Waals surface area contributed by atoms with Crippen molar-refractivity contribution in [2.24, 2.45) is 5.41 Å². The van der Waals surface area contributed by atoms with E-state index in [2.05, 4.69) is 29.8 Å². The molecule has 1 N–H and O–H groups in total. The third-order valence-corrected chi connectivity index (χ3v) is 5.10. The summed E-state index contributed by atoms with van der Waals surface area (Å²) < 4.78 is 13.2. The molecule has 0 amide bonds. The summed E-state index contributed by atoms with van der Waals surface area (Å²) in [5.74, 6) is -1.06. The van der Waals surface area contributed by atoms with Crippen molar-refractivity contribution in [3.63, 3.8) is 0 Å². The lowest BCUT2D eigenvalue weighted by Crippen LogP contribution is -2.47. The highest BCUT2D eigenvalue weighted by Gasteiger charge is 2.53. The molecule has 1 aliphatic carbocycles. The highest BCUT2D eigenvalue weighted by atomic mass is 79.9. The summed E-state index contributed by atoms with van der Waals surface area (Å²) in [6.45, 7) is 5.34. The van der Waals surface area contributed by atoms with Crippen LogP contribution in [0.4, 0.5) is 0 Å². The molecule has 110 valence electrons. The molecule has 0 aromatic heterocycles. The summed E-state index contributed by atoms with van der Waals surface area (Å²) in [7, 11) is 0. The minimum atomic E-state index is -1.06. The molecule has 3 nitrogen and oxygen atoms in total. The van der Waals surface area contributed by atoms with Crippen LogP contribution in [-0.2, 0) is 15.3 Å². The predicted molar refractivity (Wildman–Crippen MR) is 84.0 cm³/mol. The smallest absolute Gasteiger partial charge is 0.226 e. The summed E-state index contributed by atoms with van der Waals surface area (Å²) in [5.41, 5.74) is 1.77. The first kappa shape index (κ1) is 13.7. The Morgan fingerprint density at radius 3 is 2.57 bits per heavy atom. The van der Waals surface area contributed by atoms with Gasteiger partial charge in [0.1, 0.15) is 6.10 Å². The lowest BCUT2D eigenvalue weighted by molar-refractivity contribution is -0.342. The molecular weight excluding hydrogens is 332 g/mol. The molecule has 4 heteroatoms. The van der Waals surface area contributed by atoms with E-state index in [0.29, 0.717) is 13.2 Å². The molecule has 0 bridgehead atoms. The molecule has 2 aromatic rings. The van der Waals surface area contributed by atoms with Gasteiger partial charge in [-0.3, -0.25) is 0 Å². The zero-order chi connectivity index (χ0) is 14.8. The van der Waals surface area contributed by atoms with Crippen LogP contribution in [0.15, 0.2) is 34.8 Å². The summed E-state index contributed by atoms with van der Waals surface area (Å²) in [6, 6.07) is 9.94. The van der Waals surface area contributed by atoms with Crippen LogP contribution < -0.4 is 0 Å². The van der Waals surface area contributed by atoms with Crippen molar-refractivity contribution in [2.45, 2.75) is 25.7 Å². The maximum Gasteiger partial charge on any atom is 0.226 e. The van der Waals surface area contributed by atoms with Gasteiger partial charge in [0, 0.05) is 15.5 Å². The van der Waals surface area contributed by atoms with E-state index in [0.717, 1.165) is 26.4 Å². The number of benzene rings is 2. The van der Waals surface area contributed by atoms with E-state index >= 15 is 0 Å². The second-order valence-electron chi connectivity index (χ2n) is 6.68. The number of aliphatic hydroxyl groups excluding tert-OH is 1. The van der Waals surface area contributed by atoms with E-state index in [9.17, 15) is 5.11 Å². The summed E-state index contributed by atoms with van der Waals surface area (Å²) in [4.78, 5) is 0. The normalized spacial score (nSPS) is 25.6. The van der Waals surface area contributed by atoms with Crippen LogP contribution in [0.5, 0.6) is 0 Å². The molecule has 4 rings (SSSR count). The lowest BCUT2D eigenvalue weighted by atomic mass is 9.93. The third-order valence-electron chi connectivity index (χ3n) is 4.40. The Balaban J connectivity index is 1.94. The molecule has 2 aliphatic rings. The molecule has 1 saturated heterocycles. The largest absolute Gasteiger partial charge is 0.382 e. The predicted octanol–water partition coefficient (Wildman–Crippen LogP) is 3.88. The Morgan fingerprint density at radius 1 is 1.14 bits per heavy atom. The van der Waals surface area contributed by atoms with Gasteiger partial charge in [-0.25, -0.2) is 0 Å². The second kappa shape index (κ2) is 4.29. The van der Waals surface area contributed by atoms with E-state index in [4.69, 9.17) is 9.47 Å². The van der Waals surface area contributed by atoms with Gasteiger partial charge in [0.05, 0.1) is 13.2 Å². The number of aliphatic hydroxyl groups is 1. The van der Waals surface area contributed by atoms with Crippen molar-refractivity contribution in [1.82, 2.24) is 0 Å². The van der Waals surface area contributed by atoms with E-state index in [-0.39, 0.29) is 5.41 Å². The average Bonchev–Trinajstić information content (AvgIpc) is 2.70. The topological polar surface area (TPSA) is 38.7 Å². The van der Waals surface area contributed by atoms with Gasteiger partial charge < -0.3 is 14.6 Å². The van der Waals surface area contributed by atoms with Gasteiger partial charge in [-0.05, 0) is 22.4 Å². The quantitative estimate of drug-likeness (QED) is 0.785. The fraction of sp³-hybridized carbons (Fsp3) is 0.412. The van der Waals surface area contributed by atoms with E-state index in [1.54, 1.807) is 0 Å². The van der Waals surface area contributed by atoms with Crippen molar-refractivity contribution in [1.29, 1.82) is 0 Å². The molecule has 1 spiro atoms. The van der Waals surface area contributed by atoms with Gasteiger partial charge in [-0.2, -0.15) is 0 Å². The summed E-state index contributed by atoms with van der Waals surface area (Å²) in [5, 5.41) is 13.0. The highest BCUT2D eigenvalue weighted by molar-refractivity contribution is 9.10. The van der Waals surface area contributed by atoms with Crippen molar-refractivity contribution in [3.05, 3.63) is 45.9 Å². The second-order valence-corrected chi connectivity index (χ2v) is 7.53. The number of rotatable bonds is 0. The first-order chi connectivity index (χ1) is 9.95. The number of fused-ring (bicyclic) bond motifs is 1. The summed E-state index contributed by atoms with van der Waals surface area (Å²) >= 11 is 3.58. The Labute approximate surface area is 132 Å². The van der Waals surface area contributed by atoms with Crippen LogP contribution in [0.2, 0.25) is 0 Å². The van der Waals surface area contributed by atoms with E-state index < -0.39 is 11.9 Å². The van der Waals surface area contributed by atoms with Crippen molar-refractivity contribution < 1.29 is 14.6 Å². The molecule has 0 saturated carbocycles. The van der Waals surface area contributed by atoms with Gasteiger partial charge in [0.15, 0.2) is 0 Å². The molecular formula is C17H17BrO3. The molecule has 21 heavy (non-hydrogen) atoms. The third kappa shape index (κ3) is 1.77. The first-order valence-electron chi connectivity index (χ1n) is 7.12. The van der Waals surface area contributed by atoms with Crippen LogP contribution >= 0.6 is 15.9 Å².